The summed E-state index contributed by atoms with van der Waals surface area (Å²) in [7, 11) is 0. The topological polar surface area (TPSA) is 34.4 Å². The van der Waals surface area contributed by atoms with Crippen LogP contribution in [0.2, 0.25) is 0 Å². The minimum atomic E-state index is -0.0370. The molecule has 0 aliphatic rings. The SMILES string of the molecule is O=c1ccnc2cccc(I)n12. The van der Waals surface area contributed by atoms with Crippen molar-refractivity contribution in [3.8, 4) is 0 Å². The number of rotatable bonds is 0. The molecule has 12 heavy (non-hydrogen) atoms. The van der Waals surface area contributed by atoms with Crippen LogP contribution in [-0.2, 0) is 0 Å². The van der Waals surface area contributed by atoms with E-state index in [-0.39, 0.29) is 5.56 Å². The Balaban J connectivity index is 3.07. The summed E-state index contributed by atoms with van der Waals surface area (Å²) in [5.41, 5.74) is 0.652. The van der Waals surface area contributed by atoms with Crippen molar-refractivity contribution < 1.29 is 0 Å². The number of hydrogen-bond donors (Lipinski definition) is 0. The maximum atomic E-state index is 11.3. The molecule has 0 unspecified atom stereocenters. The van der Waals surface area contributed by atoms with Crippen LogP contribution in [0.15, 0.2) is 35.3 Å². The van der Waals surface area contributed by atoms with E-state index in [9.17, 15) is 4.79 Å². The van der Waals surface area contributed by atoms with Gasteiger partial charge >= 0.3 is 0 Å². The predicted octanol–water partition coefficient (Wildman–Crippen LogP) is 1.30. The highest BCUT2D eigenvalue weighted by Crippen LogP contribution is 2.03. The molecule has 0 saturated heterocycles. The molecule has 0 atom stereocenters. The van der Waals surface area contributed by atoms with Crippen molar-refractivity contribution in [2.75, 3.05) is 0 Å². The molecule has 0 aliphatic heterocycles. The molecule has 0 saturated carbocycles. The third kappa shape index (κ3) is 1.12. The molecule has 0 radical (unpaired) electrons. The lowest BCUT2D eigenvalue weighted by Crippen LogP contribution is -2.14. The zero-order valence-electron chi connectivity index (χ0n) is 6.07. The molecule has 0 spiro atoms. The second kappa shape index (κ2) is 2.85. The summed E-state index contributed by atoms with van der Waals surface area (Å²) in [5, 5.41) is 0. The van der Waals surface area contributed by atoms with Gasteiger partial charge in [0, 0.05) is 12.3 Å². The number of pyridine rings is 1. The molecule has 0 fully saturated rings. The maximum Gasteiger partial charge on any atom is 0.258 e. The van der Waals surface area contributed by atoms with Crippen molar-refractivity contribution in [3.05, 3.63) is 44.5 Å². The monoisotopic (exact) mass is 272 g/mol. The second-order valence-electron chi connectivity index (χ2n) is 2.33. The van der Waals surface area contributed by atoms with Crippen molar-refractivity contribution >= 4 is 28.2 Å². The third-order valence-corrected chi connectivity index (χ3v) is 2.41. The molecule has 2 rings (SSSR count). The molecule has 2 heterocycles. The van der Waals surface area contributed by atoms with Crippen LogP contribution < -0.4 is 5.56 Å². The third-order valence-electron chi connectivity index (χ3n) is 1.57. The van der Waals surface area contributed by atoms with Crippen LogP contribution in [0.25, 0.3) is 5.65 Å². The maximum absolute atomic E-state index is 11.3. The first kappa shape index (κ1) is 7.72. The summed E-state index contributed by atoms with van der Waals surface area (Å²) >= 11 is 2.11. The van der Waals surface area contributed by atoms with E-state index in [4.69, 9.17) is 0 Å². The average molecular weight is 272 g/mol. The molecule has 60 valence electrons. The summed E-state index contributed by atoms with van der Waals surface area (Å²) in [6.07, 6.45) is 1.52. The van der Waals surface area contributed by atoms with Crippen molar-refractivity contribution in [3.63, 3.8) is 0 Å². The number of hydrogen-bond acceptors (Lipinski definition) is 2. The Bertz CT molecular complexity index is 472. The van der Waals surface area contributed by atoms with Gasteiger partial charge in [-0.1, -0.05) is 6.07 Å². The van der Waals surface area contributed by atoms with Gasteiger partial charge in [-0.2, -0.15) is 0 Å². The Morgan fingerprint density at radius 3 is 2.92 bits per heavy atom. The number of halogens is 1. The van der Waals surface area contributed by atoms with E-state index in [1.54, 1.807) is 4.40 Å². The molecule has 0 amide bonds. The molecule has 0 bridgehead atoms. The van der Waals surface area contributed by atoms with Gasteiger partial charge < -0.3 is 0 Å². The summed E-state index contributed by atoms with van der Waals surface area (Å²) < 4.78 is 2.45. The molecule has 2 aromatic heterocycles. The molecule has 4 heteroatoms. The minimum Gasteiger partial charge on any atom is -0.269 e. The second-order valence-corrected chi connectivity index (χ2v) is 3.43. The van der Waals surface area contributed by atoms with E-state index < -0.39 is 0 Å². The largest absolute Gasteiger partial charge is 0.269 e. The first-order valence-corrected chi connectivity index (χ1v) is 4.49. The molecule has 3 nitrogen and oxygen atoms in total. The zero-order valence-corrected chi connectivity index (χ0v) is 8.22. The summed E-state index contributed by atoms with van der Waals surface area (Å²) in [4.78, 5) is 15.4. The molecule has 0 N–H and O–H groups in total. The molecular formula is C8H5IN2O. The highest BCUT2D eigenvalue weighted by molar-refractivity contribution is 14.1. The van der Waals surface area contributed by atoms with Gasteiger partial charge in [0.25, 0.3) is 5.56 Å². The number of nitrogens with zero attached hydrogens (tertiary/aromatic N) is 2. The van der Waals surface area contributed by atoms with Crippen molar-refractivity contribution in [2.24, 2.45) is 0 Å². The highest BCUT2D eigenvalue weighted by Gasteiger charge is 1.97. The Labute approximate surface area is 82.2 Å². The lowest BCUT2D eigenvalue weighted by molar-refractivity contribution is 1.01. The van der Waals surface area contributed by atoms with Crippen LogP contribution in [0, 0.1) is 3.70 Å². The molecule has 0 aromatic carbocycles. The molecule has 0 aliphatic carbocycles. The van der Waals surface area contributed by atoms with Gasteiger partial charge in [-0.3, -0.25) is 9.20 Å². The lowest BCUT2D eigenvalue weighted by Gasteiger charge is -1.99. The number of fused-ring (bicyclic) bond motifs is 1. The van der Waals surface area contributed by atoms with E-state index in [0.29, 0.717) is 5.65 Å². The van der Waals surface area contributed by atoms with Crippen LogP contribution in [0.3, 0.4) is 0 Å². The molecule has 2 aromatic rings. The highest BCUT2D eigenvalue weighted by atomic mass is 127. The van der Waals surface area contributed by atoms with Gasteiger partial charge in [0.05, 0.1) is 3.70 Å². The first-order valence-electron chi connectivity index (χ1n) is 3.41. The van der Waals surface area contributed by atoms with E-state index in [2.05, 4.69) is 27.6 Å². The van der Waals surface area contributed by atoms with E-state index in [1.165, 1.54) is 12.3 Å². The van der Waals surface area contributed by atoms with Gasteiger partial charge in [-0.05, 0) is 34.7 Å². The van der Waals surface area contributed by atoms with E-state index in [1.807, 2.05) is 18.2 Å². The Morgan fingerprint density at radius 2 is 2.17 bits per heavy atom. The lowest BCUT2D eigenvalue weighted by atomic mass is 10.4. The fourth-order valence-electron chi connectivity index (χ4n) is 1.04. The van der Waals surface area contributed by atoms with Gasteiger partial charge in [-0.25, -0.2) is 4.98 Å². The average Bonchev–Trinajstić information content (AvgIpc) is 2.04. The van der Waals surface area contributed by atoms with Crippen molar-refractivity contribution in [2.45, 2.75) is 0 Å². The van der Waals surface area contributed by atoms with Gasteiger partial charge in [0.2, 0.25) is 0 Å². The van der Waals surface area contributed by atoms with Gasteiger partial charge in [0.15, 0.2) is 0 Å². The van der Waals surface area contributed by atoms with E-state index in [0.717, 1.165) is 3.70 Å². The Morgan fingerprint density at radius 1 is 1.33 bits per heavy atom. The Hall–Kier alpha value is -0.910. The first-order chi connectivity index (χ1) is 5.79. The smallest absolute Gasteiger partial charge is 0.258 e. The number of aromatic nitrogens is 2. The van der Waals surface area contributed by atoms with Crippen LogP contribution in [0.4, 0.5) is 0 Å². The normalized spacial score (nSPS) is 10.4. The standard InChI is InChI=1S/C8H5IN2O/c9-6-2-1-3-7-10-5-4-8(12)11(6)7/h1-5H. The summed E-state index contributed by atoms with van der Waals surface area (Å²) in [5.74, 6) is 0. The zero-order chi connectivity index (χ0) is 8.55. The summed E-state index contributed by atoms with van der Waals surface area (Å²) in [6, 6.07) is 7.01. The van der Waals surface area contributed by atoms with E-state index >= 15 is 0 Å². The van der Waals surface area contributed by atoms with Gasteiger partial charge in [0.1, 0.15) is 5.65 Å². The van der Waals surface area contributed by atoms with Gasteiger partial charge in [-0.15, -0.1) is 0 Å². The fraction of sp³-hybridized carbons (Fsp3) is 0. The predicted molar refractivity (Wildman–Crippen MR) is 54.2 cm³/mol. The summed E-state index contributed by atoms with van der Waals surface area (Å²) in [6.45, 7) is 0. The van der Waals surface area contributed by atoms with Crippen LogP contribution >= 0.6 is 22.6 Å². The van der Waals surface area contributed by atoms with Crippen LogP contribution in [-0.4, -0.2) is 9.38 Å². The van der Waals surface area contributed by atoms with Crippen molar-refractivity contribution in [1.82, 2.24) is 9.38 Å². The Kier molecular flexibility index (Phi) is 1.84. The van der Waals surface area contributed by atoms with Crippen LogP contribution in [0.5, 0.6) is 0 Å². The quantitative estimate of drug-likeness (QED) is 0.535. The minimum absolute atomic E-state index is 0.0370. The van der Waals surface area contributed by atoms with Crippen molar-refractivity contribution in [1.29, 1.82) is 0 Å². The fourth-order valence-corrected chi connectivity index (χ4v) is 1.74. The van der Waals surface area contributed by atoms with Crippen LogP contribution in [0.1, 0.15) is 0 Å². The molecular weight excluding hydrogens is 267 g/mol.